The largest absolute Gasteiger partial charge is 0.497 e. The first kappa shape index (κ1) is 25.5. The maximum absolute atomic E-state index is 12.7. The summed E-state index contributed by atoms with van der Waals surface area (Å²) in [7, 11) is -2.03. The zero-order valence-electron chi connectivity index (χ0n) is 19.5. The summed E-state index contributed by atoms with van der Waals surface area (Å²) in [6.45, 7) is 8.93. The van der Waals surface area contributed by atoms with E-state index in [4.69, 9.17) is 4.74 Å². The van der Waals surface area contributed by atoms with Crippen molar-refractivity contribution in [3.05, 3.63) is 41.8 Å². The number of thiophene rings is 1. The molecule has 0 aliphatic carbocycles. The summed E-state index contributed by atoms with van der Waals surface area (Å²) in [4.78, 5) is 17.4. The van der Waals surface area contributed by atoms with Gasteiger partial charge in [0, 0.05) is 38.4 Å². The number of amides is 1. The van der Waals surface area contributed by atoms with Crippen LogP contribution in [0.1, 0.15) is 20.3 Å². The van der Waals surface area contributed by atoms with Crippen molar-refractivity contribution in [1.82, 2.24) is 14.9 Å². The zero-order valence-corrected chi connectivity index (χ0v) is 21.1. The fourth-order valence-electron chi connectivity index (χ4n) is 3.78. The number of ether oxygens (including phenoxy) is 1. The highest BCUT2D eigenvalue weighted by Crippen LogP contribution is 2.20. The molecule has 3 rings (SSSR count). The molecule has 1 fully saturated rings. The van der Waals surface area contributed by atoms with Crippen molar-refractivity contribution in [3.63, 3.8) is 0 Å². The van der Waals surface area contributed by atoms with Gasteiger partial charge in [0.25, 0.3) is 10.0 Å². The summed E-state index contributed by atoms with van der Waals surface area (Å²) >= 11 is 1.14. The second kappa shape index (κ2) is 11.8. The fraction of sp³-hybridized carbons (Fsp3) is 0.522. The van der Waals surface area contributed by atoms with Gasteiger partial charge in [-0.2, -0.15) is 4.72 Å². The van der Waals surface area contributed by atoms with Crippen molar-refractivity contribution in [2.24, 2.45) is 5.92 Å². The van der Waals surface area contributed by atoms with Crippen LogP contribution < -0.4 is 19.7 Å². The summed E-state index contributed by atoms with van der Waals surface area (Å²) < 4.78 is 33.0. The molecule has 1 aromatic carbocycles. The molecule has 0 saturated carbocycles. The zero-order chi connectivity index (χ0) is 23.8. The number of sulfonamides is 1. The van der Waals surface area contributed by atoms with Crippen molar-refractivity contribution >= 4 is 33.0 Å². The smallest absolute Gasteiger partial charge is 0.250 e. The van der Waals surface area contributed by atoms with Crippen molar-refractivity contribution in [2.45, 2.75) is 30.5 Å². The molecule has 1 amide bonds. The lowest BCUT2D eigenvalue weighted by Gasteiger charge is -2.36. The Kier molecular flexibility index (Phi) is 9.13. The van der Waals surface area contributed by atoms with E-state index in [1.807, 2.05) is 26.0 Å². The van der Waals surface area contributed by atoms with Crippen LogP contribution in [0.15, 0.2) is 46.0 Å². The van der Waals surface area contributed by atoms with Crippen molar-refractivity contribution < 1.29 is 17.9 Å². The summed E-state index contributed by atoms with van der Waals surface area (Å²) in [5.74, 6) is 0.415. The molecule has 1 aliphatic rings. The maximum atomic E-state index is 12.7. The number of carbonyl (C=O) groups is 1. The number of anilines is 1. The number of methoxy groups -OCH3 is 1. The molecule has 182 valence electrons. The van der Waals surface area contributed by atoms with Crippen molar-refractivity contribution in [3.8, 4) is 5.75 Å². The van der Waals surface area contributed by atoms with Gasteiger partial charge in [-0.25, -0.2) is 8.42 Å². The Morgan fingerprint density at radius 1 is 1.12 bits per heavy atom. The molecule has 2 N–H and O–H groups in total. The fourth-order valence-corrected chi connectivity index (χ4v) is 6.13. The third-order valence-corrected chi connectivity index (χ3v) is 8.59. The number of piperazine rings is 1. The lowest BCUT2D eigenvalue weighted by molar-refractivity contribution is -0.123. The molecule has 1 aromatic heterocycles. The highest BCUT2D eigenvalue weighted by Gasteiger charge is 2.28. The molecule has 8 nitrogen and oxygen atoms in total. The number of rotatable bonds is 11. The Balaban J connectivity index is 1.39. The van der Waals surface area contributed by atoms with Crippen LogP contribution in [0.2, 0.25) is 0 Å². The first-order valence-corrected chi connectivity index (χ1v) is 13.6. The third-order valence-electron chi connectivity index (χ3n) is 5.75. The number of hydrogen-bond acceptors (Lipinski definition) is 7. The molecular weight excluding hydrogens is 460 g/mol. The van der Waals surface area contributed by atoms with Crippen LogP contribution in [0, 0.1) is 5.92 Å². The van der Waals surface area contributed by atoms with Gasteiger partial charge in [-0.05, 0) is 54.6 Å². The predicted octanol–water partition coefficient (Wildman–Crippen LogP) is 2.39. The highest BCUT2D eigenvalue weighted by atomic mass is 32.2. The van der Waals surface area contributed by atoms with E-state index >= 15 is 0 Å². The minimum atomic E-state index is -3.70. The standard InChI is InChI=1S/C23H34N4O4S2/c1-18(2)22(25-33(29,30)21-6-4-17-32-21)23(28)24-11-5-12-26-13-15-27(16-14-26)19-7-9-20(31-3)10-8-19/h4,6-10,17-18,22,25H,5,11-16H2,1-3H3,(H,24,28). The summed E-state index contributed by atoms with van der Waals surface area (Å²) in [5, 5.41) is 4.61. The Bertz CT molecular complexity index is 970. The van der Waals surface area contributed by atoms with Gasteiger partial charge in [-0.15, -0.1) is 11.3 Å². The summed E-state index contributed by atoms with van der Waals surface area (Å²) in [6.07, 6.45) is 0.816. The molecule has 0 bridgehead atoms. The molecule has 2 aromatic rings. The van der Waals surface area contributed by atoms with E-state index in [1.165, 1.54) is 11.8 Å². The Labute approximate surface area is 201 Å². The molecule has 2 heterocycles. The molecule has 1 saturated heterocycles. The van der Waals surface area contributed by atoms with E-state index in [9.17, 15) is 13.2 Å². The van der Waals surface area contributed by atoms with E-state index in [2.05, 4.69) is 32.0 Å². The average Bonchev–Trinajstić information content (AvgIpc) is 3.37. The van der Waals surface area contributed by atoms with Crippen LogP contribution in [0.3, 0.4) is 0 Å². The number of benzene rings is 1. The SMILES string of the molecule is COc1ccc(N2CCN(CCCNC(=O)C(NS(=O)(=O)c3cccs3)C(C)C)CC2)cc1. The molecule has 0 spiro atoms. The van der Waals surface area contributed by atoms with E-state index < -0.39 is 16.1 Å². The minimum absolute atomic E-state index is 0.161. The average molecular weight is 495 g/mol. The molecule has 1 aliphatic heterocycles. The summed E-state index contributed by atoms with van der Waals surface area (Å²) in [6, 6.07) is 10.6. The Morgan fingerprint density at radius 3 is 2.39 bits per heavy atom. The molecule has 1 atom stereocenters. The maximum Gasteiger partial charge on any atom is 0.250 e. The van der Waals surface area contributed by atoms with Gasteiger partial charge in [0.1, 0.15) is 16.0 Å². The van der Waals surface area contributed by atoms with Gasteiger partial charge >= 0.3 is 0 Å². The predicted molar refractivity (Wildman–Crippen MR) is 133 cm³/mol. The third kappa shape index (κ3) is 7.17. The van der Waals surface area contributed by atoms with Crippen LogP contribution in [0.25, 0.3) is 0 Å². The van der Waals surface area contributed by atoms with Crippen LogP contribution in [-0.4, -0.2) is 71.6 Å². The lowest BCUT2D eigenvalue weighted by atomic mass is 10.1. The number of hydrogen-bond donors (Lipinski definition) is 2. The number of nitrogens with zero attached hydrogens (tertiary/aromatic N) is 2. The normalized spacial score (nSPS) is 16.1. The van der Waals surface area contributed by atoms with Crippen LogP contribution in [-0.2, 0) is 14.8 Å². The highest BCUT2D eigenvalue weighted by molar-refractivity contribution is 7.91. The van der Waals surface area contributed by atoms with Gasteiger partial charge in [0.15, 0.2) is 0 Å². The number of nitrogens with one attached hydrogen (secondary N) is 2. The van der Waals surface area contributed by atoms with E-state index in [0.29, 0.717) is 6.54 Å². The second-order valence-electron chi connectivity index (χ2n) is 8.45. The number of carbonyl (C=O) groups excluding carboxylic acids is 1. The monoisotopic (exact) mass is 494 g/mol. The van der Waals surface area contributed by atoms with Crippen molar-refractivity contribution in [1.29, 1.82) is 0 Å². The van der Waals surface area contributed by atoms with Gasteiger partial charge in [0.05, 0.1) is 7.11 Å². The van der Waals surface area contributed by atoms with E-state index in [0.717, 1.165) is 56.2 Å². The quantitative estimate of drug-likeness (QED) is 0.466. The van der Waals surface area contributed by atoms with Crippen LogP contribution in [0.5, 0.6) is 5.75 Å². The lowest BCUT2D eigenvalue weighted by Crippen LogP contribution is -2.50. The first-order valence-electron chi connectivity index (χ1n) is 11.2. The Morgan fingerprint density at radius 2 is 1.82 bits per heavy atom. The van der Waals surface area contributed by atoms with Gasteiger partial charge in [-0.1, -0.05) is 19.9 Å². The van der Waals surface area contributed by atoms with E-state index in [-0.39, 0.29) is 16.0 Å². The van der Waals surface area contributed by atoms with Gasteiger partial charge < -0.3 is 15.0 Å². The van der Waals surface area contributed by atoms with Crippen LogP contribution >= 0.6 is 11.3 Å². The molecule has 1 unspecified atom stereocenters. The molecule has 0 radical (unpaired) electrons. The van der Waals surface area contributed by atoms with Crippen LogP contribution in [0.4, 0.5) is 5.69 Å². The van der Waals surface area contributed by atoms with Gasteiger partial charge in [0.2, 0.25) is 5.91 Å². The molecular formula is C23H34N4O4S2. The topological polar surface area (TPSA) is 91.0 Å². The first-order chi connectivity index (χ1) is 15.8. The minimum Gasteiger partial charge on any atom is -0.497 e. The summed E-state index contributed by atoms with van der Waals surface area (Å²) in [5.41, 5.74) is 1.20. The molecule has 33 heavy (non-hydrogen) atoms. The van der Waals surface area contributed by atoms with E-state index in [1.54, 1.807) is 18.6 Å². The van der Waals surface area contributed by atoms with Crippen molar-refractivity contribution in [2.75, 3.05) is 51.3 Å². The molecule has 10 heteroatoms. The Hall–Kier alpha value is -2.14. The second-order valence-corrected chi connectivity index (χ2v) is 11.3. The van der Waals surface area contributed by atoms with Gasteiger partial charge in [-0.3, -0.25) is 9.69 Å².